The Morgan fingerprint density at radius 2 is 1.40 bits per heavy atom. The van der Waals surface area contributed by atoms with Crippen LogP contribution in [0.4, 0.5) is 11.4 Å². The fourth-order valence-corrected chi connectivity index (χ4v) is 3.20. The molecule has 0 spiro atoms. The number of rotatable bonds is 8. The lowest BCUT2D eigenvalue weighted by molar-refractivity contribution is -0.117. The summed E-state index contributed by atoms with van der Waals surface area (Å²) < 4.78 is 5.40. The highest BCUT2D eigenvalue weighted by Crippen LogP contribution is 2.22. The van der Waals surface area contributed by atoms with Crippen molar-refractivity contribution in [1.82, 2.24) is 0 Å². The fourth-order valence-electron chi connectivity index (χ4n) is 3.20. The molecule has 5 nitrogen and oxygen atoms in total. The molecule has 2 N–H and O–H groups in total. The lowest BCUT2D eigenvalue weighted by Gasteiger charge is -2.15. The van der Waals surface area contributed by atoms with Gasteiger partial charge in [-0.2, -0.15) is 0 Å². The number of carbonyl (C=O) groups excluding carboxylic acids is 2. The first kappa shape index (κ1) is 21.1. The van der Waals surface area contributed by atoms with E-state index in [2.05, 4.69) is 10.6 Å². The van der Waals surface area contributed by atoms with E-state index in [1.54, 1.807) is 36.4 Å². The number of anilines is 2. The summed E-state index contributed by atoms with van der Waals surface area (Å²) in [6.07, 6.45) is 0.707. The monoisotopic (exact) mass is 402 g/mol. The van der Waals surface area contributed by atoms with Gasteiger partial charge in [0.15, 0.2) is 0 Å². The molecule has 1 unspecified atom stereocenters. The van der Waals surface area contributed by atoms with Gasteiger partial charge < -0.3 is 15.4 Å². The average Bonchev–Trinajstić information content (AvgIpc) is 2.77. The maximum atomic E-state index is 12.7. The van der Waals surface area contributed by atoms with Crippen molar-refractivity contribution in [3.63, 3.8) is 0 Å². The molecule has 0 radical (unpaired) electrons. The van der Waals surface area contributed by atoms with Crippen molar-refractivity contribution < 1.29 is 14.3 Å². The SMILES string of the molecule is CCOc1ccc(NC(=O)c2ccc(NC(=O)C(CC)c3ccccc3)cc2)cc1. The Labute approximate surface area is 177 Å². The highest BCUT2D eigenvalue weighted by Gasteiger charge is 2.18. The molecule has 0 saturated carbocycles. The van der Waals surface area contributed by atoms with Gasteiger partial charge in [0.25, 0.3) is 5.91 Å². The van der Waals surface area contributed by atoms with E-state index in [0.29, 0.717) is 30.0 Å². The van der Waals surface area contributed by atoms with Crippen molar-refractivity contribution in [2.24, 2.45) is 0 Å². The van der Waals surface area contributed by atoms with Crippen LogP contribution in [0.15, 0.2) is 78.9 Å². The molecule has 3 aromatic carbocycles. The molecule has 0 aliphatic heterocycles. The number of benzene rings is 3. The average molecular weight is 402 g/mol. The van der Waals surface area contributed by atoms with Crippen LogP contribution in [-0.2, 0) is 4.79 Å². The first-order valence-corrected chi connectivity index (χ1v) is 10.1. The van der Waals surface area contributed by atoms with Crippen LogP contribution in [0.5, 0.6) is 5.75 Å². The molecule has 0 heterocycles. The molecule has 0 fully saturated rings. The summed E-state index contributed by atoms with van der Waals surface area (Å²) in [7, 11) is 0. The molecule has 5 heteroatoms. The van der Waals surface area contributed by atoms with E-state index >= 15 is 0 Å². The number of carbonyl (C=O) groups is 2. The topological polar surface area (TPSA) is 67.4 Å². The number of amides is 2. The van der Waals surface area contributed by atoms with E-state index in [1.165, 1.54) is 0 Å². The molecule has 2 amide bonds. The zero-order chi connectivity index (χ0) is 21.3. The van der Waals surface area contributed by atoms with Gasteiger partial charge in [-0.3, -0.25) is 9.59 Å². The smallest absolute Gasteiger partial charge is 0.255 e. The third-order valence-electron chi connectivity index (χ3n) is 4.76. The highest BCUT2D eigenvalue weighted by atomic mass is 16.5. The van der Waals surface area contributed by atoms with Crippen LogP contribution in [0.25, 0.3) is 0 Å². The second-order valence-corrected chi connectivity index (χ2v) is 6.85. The molecule has 0 aliphatic rings. The van der Waals surface area contributed by atoms with Gasteiger partial charge in [-0.1, -0.05) is 37.3 Å². The van der Waals surface area contributed by atoms with Gasteiger partial charge >= 0.3 is 0 Å². The quantitative estimate of drug-likeness (QED) is 0.525. The second-order valence-electron chi connectivity index (χ2n) is 6.85. The van der Waals surface area contributed by atoms with Crippen LogP contribution >= 0.6 is 0 Å². The fraction of sp³-hybridized carbons (Fsp3) is 0.200. The van der Waals surface area contributed by atoms with Crippen LogP contribution in [0.1, 0.15) is 42.1 Å². The van der Waals surface area contributed by atoms with Gasteiger partial charge in [0.1, 0.15) is 5.75 Å². The van der Waals surface area contributed by atoms with Crippen LogP contribution in [-0.4, -0.2) is 18.4 Å². The van der Waals surface area contributed by atoms with Crippen molar-refractivity contribution in [3.8, 4) is 5.75 Å². The summed E-state index contributed by atoms with van der Waals surface area (Å²) in [6, 6.07) is 23.8. The Hall–Kier alpha value is -3.60. The Balaban J connectivity index is 1.61. The Morgan fingerprint density at radius 3 is 2.00 bits per heavy atom. The number of nitrogens with one attached hydrogen (secondary N) is 2. The molecule has 1 atom stereocenters. The zero-order valence-electron chi connectivity index (χ0n) is 17.2. The van der Waals surface area contributed by atoms with E-state index in [4.69, 9.17) is 4.74 Å². The summed E-state index contributed by atoms with van der Waals surface area (Å²) in [5, 5.41) is 5.80. The van der Waals surface area contributed by atoms with E-state index < -0.39 is 0 Å². The van der Waals surface area contributed by atoms with Crippen molar-refractivity contribution >= 4 is 23.2 Å². The molecule has 3 rings (SSSR count). The van der Waals surface area contributed by atoms with Crippen molar-refractivity contribution in [2.75, 3.05) is 17.2 Å². The lowest BCUT2D eigenvalue weighted by Crippen LogP contribution is -2.20. The van der Waals surface area contributed by atoms with Gasteiger partial charge in [0.2, 0.25) is 5.91 Å². The first-order chi connectivity index (χ1) is 14.6. The predicted octanol–water partition coefficient (Wildman–Crippen LogP) is 5.47. The van der Waals surface area contributed by atoms with Gasteiger partial charge in [0.05, 0.1) is 12.5 Å². The first-order valence-electron chi connectivity index (χ1n) is 10.1. The summed E-state index contributed by atoms with van der Waals surface area (Å²) in [5.74, 6) is 0.272. The largest absolute Gasteiger partial charge is 0.494 e. The molecule has 0 saturated heterocycles. The van der Waals surface area contributed by atoms with Gasteiger partial charge in [-0.15, -0.1) is 0 Å². The minimum absolute atomic E-state index is 0.0599. The van der Waals surface area contributed by atoms with E-state index in [0.717, 1.165) is 11.3 Å². The zero-order valence-corrected chi connectivity index (χ0v) is 17.2. The summed E-state index contributed by atoms with van der Waals surface area (Å²) in [6.45, 7) is 4.51. The molecule has 0 aliphatic carbocycles. The van der Waals surface area contributed by atoms with Crippen molar-refractivity contribution in [3.05, 3.63) is 90.0 Å². The second kappa shape index (κ2) is 10.3. The number of hydrogen-bond donors (Lipinski definition) is 2. The number of ether oxygens (including phenoxy) is 1. The molecule has 154 valence electrons. The standard InChI is InChI=1S/C25H26N2O3/c1-3-23(18-8-6-5-7-9-18)25(29)27-20-12-10-19(11-13-20)24(28)26-21-14-16-22(17-15-21)30-4-2/h5-17,23H,3-4H2,1-2H3,(H,26,28)(H,27,29). The van der Waals surface area contributed by atoms with Gasteiger partial charge in [0, 0.05) is 16.9 Å². The molecule has 3 aromatic rings. The summed E-state index contributed by atoms with van der Waals surface area (Å²) in [5.41, 5.74) is 2.85. The van der Waals surface area contributed by atoms with Gasteiger partial charge in [-0.25, -0.2) is 0 Å². The minimum Gasteiger partial charge on any atom is -0.494 e. The minimum atomic E-state index is -0.215. The van der Waals surface area contributed by atoms with E-state index in [9.17, 15) is 9.59 Å². The van der Waals surface area contributed by atoms with Crippen LogP contribution in [0, 0.1) is 0 Å². The predicted molar refractivity (Wildman–Crippen MR) is 120 cm³/mol. The maximum Gasteiger partial charge on any atom is 0.255 e. The van der Waals surface area contributed by atoms with E-state index in [1.807, 2.05) is 56.3 Å². The lowest BCUT2D eigenvalue weighted by atomic mass is 9.95. The Kier molecular flexibility index (Phi) is 7.22. The van der Waals surface area contributed by atoms with Crippen molar-refractivity contribution in [1.29, 1.82) is 0 Å². The summed E-state index contributed by atoms with van der Waals surface area (Å²) >= 11 is 0. The third kappa shape index (κ3) is 5.47. The number of hydrogen-bond acceptors (Lipinski definition) is 3. The van der Waals surface area contributed by atoms with Crippen LogP contribution in [0.2, 0.25) is 0 Å². The molecular weight excluding hydrogens is 376 g/mol. The highest BCUT2D eigenvalue weighted by molar-refractivity contribution is 6.04. The normalized spacial score (nSPS) is 11.4. The molecule has 0 bridgehead atoms. The summed E-state index contributed by atoms with van der Waals surface area (Å²) in [4.78, 5) is 25.1. The van der Waals surface area contributed by atoms with Crippen molar-refractivity contribution in [2.45, 2.75) is 26.2 Å². The molecule has 0 aromatic heterocycles. The Bertz CT molecular complexity index is 968. The van der Waals surface area contributed by atoms with Crippen LogP contribution < -0.4 is 15.4 Å². The van der Waals surface area contributed by atoms with Gasteiger partial charge in [-0.05, 0) is 67.4 Å². The maximum absolute atomic E-state index is 12.7. The van der Waals surface area contributed by atoms with Crippen LogP contribution in [0.3, 0.4) is 0 Å². The molecule has 30 heavy (non-hydrogen) atoms. The van der Waals surface area contributed by atoms with E-state index in [-0.39, 0.29) is 17.7 Å². The third-order valence-corrected chi connectivity index (χ3v) is 4.76. The Morgan fingerprint density at radius 1 is 0.800 bits per heavy atom. The molecular formula is C25H26N2O3.